The number of halogens is 1. The Morgan fingerprint density at radius 3 is 2.44 bits per heavy atom. The van der Waals surface area contributed by atoms with Crippen LogP contribution < -0.4 is 10.6 Å². The predicted octanol–water partition coefficient (Wildman–Crippen LogP) is 2.79. The summed E-state index contributed by atoms with van der Waals surface area (Å²) >= 11 is 0. The number of amides is 2. The third-order valence-electron chi connectivity index (χ3n) is 2.74. The van der Waals surface area contributed by atoms with E-state index in [1.165, 1.54) is 4.68 Å². The number of hydrogen-bond acceptors (Lipinski definition) is 4. The number of ether oxygens (including phenoxy) is 1. The first-order valence-electron chi connectivity index (χ1n) is 8.00. The molecule has 0 aliphatic carbocycles. The lowest BCUT2D eigenvalue weighted by Crippen LogP contribution is -2.40. The first-order valence-corrected chi connectivity index (χ1v) is 8.00. The number of alkyl carbamates (subject to hydrolysis) is 1. The van der Waals surface area contributed by atoms with E-state index < -0.39 is 11.7 Å². The molecule has 0 radical (unpaired) electrons. The highest BCUT2D eigenvalue weighted by Gasteiger charge is 2.18. The SMILES string of the molecule is CC(C)(C)NC(=O)c1ccn(C/C(=C/F)CNC(=O)OC(C)(C)C)n1. The molecule has 1 rings (SSSR count). The van der Waals surface area contributed by atoms with Gasteiger partial charge < -0.3 is 15.4 Å². The molecule has 1 aromatic rings. The normalized spacial score (nSPS) is 12.7. The Kier molecular flexibility index (Phi) is 6.72. The summed E-state index contributed by atoms with van der Waals surface area (Å²) in [7, 11) is 0. The van der Waals surface area contributed by atoms with Crippen molar-refractivity contribution in [2.45, 2.75) is 59.2 Å². The van der Waals surface area contributed by atoms with Crippen molar-refractivity contribution in [3.05, 3.63) is 29.9 Å². The van der Waals surface area contributed by atoms with Crippen molar-refractivity contribution in [3.8, 4) is 0 Å². The van der Waals surface area contributed by atoms with Crippen molar-refractivity contribution < 1.29 is 18.7 Å². The smallest absolute Gasteiger partial charge is 0.407 e. The Labute approximate surface area is 147 Å². The van der Waals surface area contributed by atoms with Crippen LogP contribution in [0.5, 0.6) is 0 Å². The molecule has 0 aliphatic heterocycles. The van der Waals surface area contributed by atoms with Crippen LogP contribution in [-0.4, -0.2) is 39.5 Å². The Morgan fingerprint density at radius 1 is 1.28 bits per heavy atom. The lowest BCUT2D eigenvalue weighted by molar-refractivity contribution is 0.0531. The average molecular weight is 354 g/mol. The van der Waals surface area contributed by atoms with Crippen molar-refractivity contribution in [3.63, 3.8) is 0 Å². The Bertz CT molecular complexity index is 639. The number of nitrogens with one attached hydrogen (secondary N) is 2. The van der Waals surface area contributed by atoms with Crippen molar-refractivity contribution in [1.82, 2.24) is 20.4 Å². The highest BCUT2D eigenvalue weighted by atomic mass is 19.1. The van der Waals surface area contributed by atoms with Crippen molar-refractivity contribution in [1.29, 1.82) is 0 Å². The average Bonchev–Trinajstić information content (AvgIpc) is 2.88. The standard InChI is InChI=1S/C17H27FN4O3/c1-16(2,3)20-14(23)13-7-8-22(21-13)11-12(9-18)10-19-15(24)25-17(4,5)6/h7-9H,10-11H2,1-6H3,(H,19,24)(H,20,23)/b12-9+. The van der Waals surface area contributed by atoms with E-state index in [4.69, 9.17) is 4.74 Å². The molecule has 0 saturated heterocycles. The van der Waals surface area contributed by atoms with Crippen LogP contribution in [0.3, 0.4) is 0 Å². The first-order chi connectivity index (χ1) is 11.4. The molecule has 8 heteroatoms. The predicted molar refractivity (Wildman–Crippen MR) is 92.9 cm³/mol. The maximum Gasteiger partial charge on any atom is 0.407 e. The largest absolute Gasteiger partial charge is 0.444 e. The molecular weight excluding hydrogens is 327 g/mol. The first kappa shape index (κ1) is 20.7. The van der Waals surface area contributed by atoms with Crippen molar-refractivity contribution in [2.75, 3.05) is 6.54 Å². The van der Waals surface area contributed by atoms with Crippen LogP contribution in [0.2, 0.25) is 0 Å². The van der Waals surface area contributed by atoms with Crippen molar-refractivity contribution in [2.24, 2.45) is 0 Å². The molecule has 2 amide bonds. The van der Waals surface area contributed by atoms with E-state index in [1.54, 1.807) is 33.0 Å². The summed E-state index contributed by atoms with van der Waals surface area (Å²) in [6.07, 6.45) is 1.36. The van der Waals surface area contributed by atoms with E-state index in [1.807, 2.05) is 20.8 Å². The van der Waals surface area contributed by atoms with E-state index in [9.17, 15) is 14.0 Å². The topological polar surface area (TPSA) is 85.2 Å². The quantitative estimate of drug-likeness (QED) is 0.851. The Hall–Kier alpha value is -2.38. The number of rotatable bonds is 5. The summed E-state index contributed by atoms with van der Waals surface area (Å²) in [5, 5.41) is 9.40. The molecule has 1 heterocycles. The fraction of sp³-hybridized carbons (Fsp3) is 0.588. The molecule has 0 saturated carbocycles. The number of aromatic nitrogens is 2. The summed E-state index contributed by atoms with van der Waals surface area (Å²) in [5.74, 6) is -0.302. The Balaban J connectivity index is 2.59. The number of carbonyl (C=O) groups excluding carboxylic acids is 2. The summed E-state index contributed by atoms with van der Waals surface area (Å²) in [6, 6.07) is 1.55. The number of carbonyl (C=O) groups is 2. The van der Waals surface area contributed by atoms with Gasteiger partial charge in [0.2, 0.25) is 0 Å². The molecule has 0 atom stereocenters. The molecule has 7 nitrogen and oxygen atoms in total. The van der Waals surface area contributed by atoms with Crippen LogP contribution >= 0.6 is 0 Å². The van der Waals surface area contributed by atoms with Gasteiger partial charge in [-0.3, -0.25) is 9.48 Å². The second-order valence-electron chi connectivity index (χ2n) is 7.73. The molecule has 0 aliphatic rings. The fourth-order valence-electron chi connectivity index (χ4n) is 1.81. The van der Waals surface area contributed by atoms with Gasteiger partial charge in [0.05, 0.1) is 12.9 Å². The minimum absolute atomic E-state index is 0.0191. The van der Waals surface area contributed by atoms with Gasteiger partial charge in [-0.25, -0.2) is 9.18 Å². The lowest BCUT2D eigenvalue weighted by atomic mass is 10.1. The van der Waals surface area contributed by atoms with Gasteiger partial charge in [0.15, 0.2) is 0 Å². The third-order valence-corrected chi connectivity index (χ3v) is 2.74. The van der Waals surface area contributed by atoms with Crippen LogP contribution in [0, 0.1) is 0 Å². The highest BCUT2D eigenvalue weighted by Crippen LogP contribution is 2.08. The van der Waals surface area contributed by atoms with E-state index in [0.29, 0.717) is 6.33 Å². The van der Waals surface area contributed by atoms with Gasteiger partial charge in [0, 0.05) is 18.3 Å². The van der Waals surface area contributed by atoms with E-state index in [-0.39, 0.29) is 35.8 Å². The molecule has 0 bridgehead atoms. The van der Waals surface area contributed by atoms with Crippen LogP contribution in [0.25, 0.3) is 0 Å². The lowest BCUT2D eigenvalue weighted by Gasteiger charge is -2.20. The van der Waals surface area contributed by atoms with Crippen LogP contribution in [0.15, 0.2) is 24.2 Å². The fourth-order valence-corrected chi connectivity index (χ4v) is 1.81. The summed E-state index contributed by atoms with van der Waals surface area (Å²) in [5.41, 5.74) is -0.464. The van der Waals surface area contributed by atoms with Crippen LogP contribution in [0.4, 0.5) is 9.18 Å². The van der Waals surface area contributed by atoms with Gasteiger partial charge >= 0.3 is 6.09 Å². The van der Waals surface area contributed by atoms with Gasteiger partial charge in [-0.2, -0.15) is 5.10 Å². The zero-order valence-corrected chi connectivity index (χ0v) is 15.6. The van der Waals surface area contributed by atoms with Crippen LogP contribution in [0.1, 0.15) is 52.0 Å². The highest BCUT2D eigenvalue weighted by molar-refractivity contribution is 5.92. The van der Waals surface area contributed by atoms with Crippen LogP contribution in [-0.2, 0) is 11.3 Å². The van der Waals surface area contributed by atoms with E-state index >= 15 is 0 Å². The number of hydrogen-bond donors (Lipinski definition) is 2. The van der Waals surface area contributed by atoms with E-state index in [2.05, 4.69) is 15.7 Å². The molecule has 140 valence electrons. The minimum atomic E-state index is -0.627. The second-order valence-corrected chi connectivity index (χ2v) is 7.73. The zero-order chi connectivity index (χ0) is 19.3. The summed E-state index contributed by atoms with van der Waals surface area (Å²) in [6.45, 7) is 10.9. The van der Waals surface area contributed by atoms with Gasteiger partial charge in [-0.05, 0) is 53.2 Å². The molecule has 25 heavy (non-hydrogen) atoms. The van der Waals surface area contributed by atoms with Gasteiger partial charge in [0.25, 0.3) is 5.91 Å². The Morgan fingerprint density at radius 2 is 1.92 bits per heavy atom. The molecule has 1 aromatic heterocycles. The minimum Gasteiger partial charge on any atom is -0.444 e. The molecular formula is C17H27FN4O3. The summed E-state index contributed by atoms with van der Waals surface area (Å²) < 4.78 is 19.6. The van der Waals surface area contributed by atoms with Gasteiger partial charge in [0.1, 0.15) is 11.3 Å². The third kappa shape index (κ3) is 8.32. The van der Waals surface area contributed by atoms with Gasteiger partial charge in [-0.15, -0.1) is 0 Å². The molecule has 0 unspecified atom stereocenters. The maximum absolute atomic E-state index is 13.0. The van der Waals surface area contributed by atoms with Gasteiger partial charge in [-0.1, -0.05) is 0 Å². The molecule has 0 fully saturated rings. The molecule has 0 aromatic carbocycles. The molecule has 2 N–H and O–H groups in total. The number of nitrogens with zero attached hydrogens (tertiary/aromatic N) is 2. The molecule has 0 spiro atoms. The maximum atomic E-state index is 13.0. The summed E-state index contributed by atoms with van der Waals surface area (Å²) in [4.78, 5) is 23.6. The second kappa shape index (κ2) is 8.13. The van der Waals surface area contributed by atoms with Crippen molar-refractivity contribution >= 4 is 12.0 Å². The monoisotopic (exact) mass is 354 g/mol. The zero-order valence-electron chi connectivity index (χ0n) is 15.6. The van der Waals surface area contributed by atoms with E-state index in [0.717, 1.165) is 0 Å².